The van der Waals surface area contributed by atoms with Gasteiger partial charge in [0.15, 0.2) is 9.84 Å². The molecule has 0 saturated heterocycles. The molecule has 5 rings (SSSR count). The van der Waals surface area contributed by atoms with E-state index in [0.29, 0.717) is 16.5 Å². The van der Waals surface area contributed by atoms with Crippen molar-refractivity contribution < 1.29 is 27.9 Å². The molecular weight excluding hydrogens is 480 g/mol. The highest BCUT2D eigenvalue weighted by molar-refractivity contribution is 7.90. The maximum atomic E-state index is 12.7. The molecule has 4 aromatic rings. The van der Waals surface area contributed by atoms with Gasteiger partial charge in [0.1, 0.15) is 17.7 Å². The molecule has 0 saturated carbocycles. The molecule has 184 valence electrons. The predicted octanol–water partition coefficient (Wildman–Crippen LogP) is 4.11. The number of carboxylic acid groups (broad SMARTS) is 1. The Hall–Kier alpha value is -4.11. The molecule has 0 aliphatic heterocycles. The summed E-state index contributed by atoms with van der Waals surface area (Å²) in [7, 11) is -3.67. The Morgan fingerprint density at radius 1 is 0.972 bits per heavy atom. The summed E-state index contributed by atoms with van der Waals surface area (Å²) in [5.41, 5.74) is 5.12. The van der Waals surface area contributed by atoms with E-state index in [0.717, 1.165) is 28.5 Å². The Labute approximate surface area is 207 Å². The number of aliphatic carboxylic acids is 1. The van der Waals surface area contributed by atoms with Crippen molar-refractivity contribution in [3.8, 4) is 11.1 Å². The number of para-hydroxylation sites is 1. The standard InChI is InChI=1S/C27H24N2O6S/c1-36(33,34)25-21(20-12-6-7-13-23(20)28-25)14-24(26(30)31)29-27(32)35-15-22-18-10-4-2-8-16(18)17-9-3-5-11-19(17)22/h2-13,22,24,28H,14-15H2,1H3,(H,29,32)(H,30,31). The summed E-state index contributed by atoms with van der Waals surface area (Å²) in [6, 6.07) is 21.3. The number of aromatic nitrogens is 1. The number of nitrogens with one attached hydrogen (secondary N) is 2. The lowest BCUT2D eigenvalue weighted by atomic mass is 9.98. The van der Waals surface area contributed by atoms with Gasteiger partial charge in [-0.25, -0.2) is 18.0 Å². The zero-order valence-corrected chi connectivity index (χ0v) is 20.2. The zero-order chi connectivity index (χ0) is 25.4. The van der Waals surface area contributed by atoms with Crippen LogP contribution in [0.15, 0.2) is 77.8 Å². The quantitative estimate of drug-likeness (QED) is 0.348. The molecule has 9 heteroatoms. The van der Waals surface area contributed by atoms with Crippen LogP contribution in [0.5, 0.6) is 0 Å². The molecule has 1 aromatic heterocycles. The van der Waals surface area contributed by atoms with Crippen LogP contribution in [0.25, 0.3) is 22.0 Å². The second-order valence-electron chi connectivity index (χ2n) is 8.82. The lowest BCUT2D eigenvalue weighted by Gasteiger charge is -2.18. The fourth-order valence-corrected chi connectivity index (χ4v) is 5.82. The number of benzene rings is 3. The lowest BCUT2D eigenvalue weighted by Crippen LogP contribution is -2.43. The van der Waals surface area contributed by atoms with Crippen molar-refractivity contribution in [1.82, 2.24) is 10.3 Å². The summed E-state index contributed by atoms with van der Waals surface area (Å²) < 4.78 is 30.2. The third-order valence-corrected chi connectivity index (χ3v) is 7.58. The number of hydrogen-bond donors (Lipinski definition) is 3. The Morgan fingerprint density at radius 3 is 2.17 bits per heavy atom. The van der Waals surface area contributed by atoms with Gasteiger partial charge in [-0.2, -0.15) is 0 Å². The number of aromatic amines is 1. The van der Waals surface area contributed by atoms with Crippen LogP contribution in [-0.4, -0.2) is 49.5 Å². The highest BCUT2D eigenvalue weighted by Crippen LogP contribution is 2.44. The van der Waals surface area contributed by atoms with Gasteiger partial charge in [-0.1, -0.05) is 66.7 Å². The van der Waals surface area contributed by atoms with Gasteiger partial charge in [0.05, 0.1) is 0 Å². The van der Waals surface area contributed by atoms with E-state index in [4.69, 9.17) is 4.74 Å². The molecule has 36 heavy (non-hydrogen) atoms. The van der Waals surface area contributed by atoms with Gasteiger partial charge in [-0.3, -0.25) is 0 Å². The molecule has 0 spiro atoms. The van der Waals surface area contributed by atoms with Gasteiger partial charge in [-0.15, -0.1) is 0 Å². The number of alkyl carbamates (subject to hydrolysis) is 1. The van der Waals surface area contributed by atoms with Crippen LogP contribution < -0.4 is 5.32 Å². The molecule has 1 aliphatic carbocycles. The maximum absolute atomic E-state index is 12.7. The molecule has 1 heterocycles. The van der Waals surface area contributed by atoms with E-state index in [9.17, 15) is 23.1 Å². The molecule has 1 amide bonds. The molecule has 1 aliphatic rings. The minimum absolute atomic E-state index is 0.0356. The van der Waals surface area contributed by atoms with Crippen molar-refractivity contribution in [1.29, 1.82) is 0 Å². The van der Waals surface area contributed by atoms with E-state index in [2.05, 4.69) is 10.3 Å². The summed E-state index contributed by atoms with van der Waals surface area (Å²) in [6.45, 7) is 0.0356. The van der Waals surface area contributed by atoms with Gasteiger partial charge in [-0.05, 0) is 33.9 Å². The Bertz CT molecular complexity index is 1550. The monoisotopic (exact) mass is 504 g/mol. The molecule has 0 radical (unpaired) electrons. The summed E-state index contributed by atoms with van der Waals surface area (Å²) >= 11 is 0. The van der Waals surface area contributed by atoms with Crippen LogP contribution in [0.1, 0.15) is 22.6 Å². The van der Waals surface area contributed by atoms with Gasteiger partial charge in [0.25, 0.3) is 0 Å². The molecule has 3 N–H and O–H groups in total. The number of ether oxygens (including phenoxy) is 1. The van der Waals surface area contributed by atoms with Gasteiger partial charge in [0, 0.05) is 29.5 Å². The Balaban J connectivity index is 1.35. The average Bonchev–Trinajstić information content (AvgIpc) is 3.38. The molecule has 0 fully saturated rings. The van der Waals surface area contributed by atoms with E-state index >= 15 is 0 Å². The minimum Gasteiger partial charge on any atom is -0.480 e. The van der Waals surface area contributed by atoms with E-state index in [1.165, 1.54) is 0 Å². The summed E-state index contributed by atoms with van der Waals surface area (Å²) in [4.78, 5) is 27.6. The van der Waals surface area contributed by atoms with E-state index in [-0.39, 0.29) is 24.0 Å². The van der Waals surface area contributed by atoms with Gasteiger partial charge in [0.2, 0.25) is 0 Å². The maximum Gasteiger partial charge on any atom is 0.407 e. The molecule has 0 bridgehead atoms. The molecule has 3 aromatic carbocycles. The molecule has 1 atom stereocenters. The second kappa shape index (κ2) is 9.16. The van der Waals surface area contributed by atoms with Crippen LogP contribution in [-0.2, 0) is 25.8 Å². The first-order valence-corrected chi connectivity index (χ1v) is 13.3. The summed E-state index contributed by atoms with van der Waals surface area (Å²) in [5, 5.41) is 12.7. The number of carbonyl (C=O) groups excluding carboxylic acids is 1. The van der Waals surface area contributed by atoms with Crippen molar-refractivity contribution in [2.75, 3.05) is 12.9 Å². The molecule has 1 unspecified atom stereocenters. The normalized spacial score (nSPS) is 13.7. The number of sulfone groups is 1. The zero-order valence-electron chi connectivity index (χ0n) is 19.4. The Morgan fingerprint density at radius 2 is 1.56 bits per heavy atom. The predicted molar refractivity (Wildman–Crippen MR) is 135 cm³/mol. The lowest BCUT2D eigenvalue weighted by molar-refractivity contribution is -0.139. The minimum atomic E-state index is -3.67. The fraction of sp³-hybridized carbons (Fsp3) is 0.185. The largest absolute Gasteiger partial charge is 0.480 e. The van der Waals surface area contributed by atoms with Crippen molar-refractivity contribution in [3.05, 3.63) is 89.5 Å². The van der Waals surface area contributed by atoms with Gasteiger partial charge < -0.3 is 20.1 Å². The highest BCUT2D eigenvalue weighted by atomic mass is 32.2. The first-order chi connectivity index (χ1) is 17.2. The first-order valence-electron chi connectivity index (χ1n) is 11.4. The second-order valence-corrected chi connectivity index (χ2v) is 10.8. The number of carboxylic acids is 1. The third kappa shape index (κ3) is 4.33. The van der Waals surface area contributed by atoms with Crippen LogP contribution in [0.3, 0.4) is 0 Å². The number of hydrogen-bond acceptors (Lipinski definition) is 5. The summed E-state index contributed by atoms with van der Waals surface area (Å²) in [6.07, 6.45) is -0.0629. The first kappa shape index (κ1) is 23.6. The SMILES string of the molecule is CS(=O)(=O)c1[nH]c2ccccc2c1CC(NC(=O)OCC1c2ccccc2-c2ccccc21)C(=O)O. The number of fused-ring (bicyclic) bond motifs is 4. The van der Waals surface area contributed by atoms with Crippen molar-refractivity contribution >= 4 is 32.8 Å². The van der Waals surface area contributed by atoms with E-state index in [1.807, 2.05) is 48.5 Å². The summed E-state index contributed by atoms with van der Waals surface area (Å²) in [5.74, 6) is -1.47. The molecule has 8 nitrogen and oxygen atoms in total. The number of amides is 1. The van der Waals surface area contributed by atoms with E-state index < -0.39 is 27.9 Å². The van der Waals surface area contributed by atoms with Crippen molar-refractivity contribution in [2.24, 2.45) is 0 Å². The van der Waals surface area contributed by atoms with Crippen LogP contribution in [0, 0.1) is 0 Å². The topological polar surface area (TPSA) is 126 Å². The third-order valence-electron chi connectivity index (χ3n) is 6.49. The Kier molecular flexibility index (Phi) is 6.01. The van der Waals surface area contributed by atoms with Gasteiger partial charge >= 0.3 is 12.1 Å². The van der Waals surface area contributed by atoms with Crippen molar-refractivity contribution in [3.63, 3.8) is 0 Å². The average molecular weight is 505 g/mol. The van der Waals surface area contributed by atoms with Crippen LogP contribution in [0.2, 0.25) is 0 Å². The number of carbonyl (C=O) groups is 2. The smallest absolute Gasteiger partial charge is 0.407 e. The highest BCUT2D eigenvalue weighted by Gasteiger charge is 2.31. The van der Waals surface area contributed by atoms with Crippen LogP contribution >= 0.6 is 0 Å². The number of H-pyrrole nitrogens is 1. The molecular formula is C27H24N2O6S. The fourth-order valence-electron chi connectivity index (χ4n) is 4.88. The van der Waals surface area contributed by atoms with E-state index in [1.54, 1.807) is 24.3 Å². The van der Waals surface area contributed by atoms with Crippen molar-refractivity contribution in [2.45, 2.75) is 23.4 Å². The number of rotatable bonds is 7. The van der Waals surface area contributed by atoms with Crippen LogP contribution in [0.4, 0.5) is 4.79 Å².